The predicted molar refractivity (Wildman–Crippen MR) is 84.2 cm³/mol. The first kappa shape index (κ1) is 15.3. The van der Waals surface area contributed by atoms with Crippen LogP contribution in [0.2, 0.25) is 0 Å². The van der Waals surface area contributed by atoms with Gasteiger partial charge in [-0.2, -0.15) is 5.10 Å². The third-order valence-electron chi connectivity index (χ3n) is 4.50. The Labute approximate surface area is 122 Å². The third-order valence-corrected chi connectivity index (χ3v) is 4.50. The van der Waals surface area contributed by atoms with E-state index < -0.39 is 0 Å². The molecule has 0 radical (unpaired) electrons. The molecule has 5 heteroatoms. The van der Waals surface area contributed by atoms with Crippen LogP contribution in [0.5, 0.6) is 0 Å². The van der Waals surface area contributed by atoms with Crippen LogP contribution >= 0.6 is 0 Å². The molecule has 2 heterocycles. The van der Waals surface area contributed by atoms with Gasteiger partial charge in [-0.3, -0.25) is 4.68 Å². The highest BCUT2D eigenvalue weighted by atomic mass is 15.4. The van der Waals surface area contributed by atoms with Gasteiger partial charge in [0, 0.05) is 37.8 Å². The number of nitrogens with zero attached hydrogens (tertiary/aromatic N) is 4. The van der Waals surface area contributed by atoms with Crippen molar-refractivity contribution < 1.29 is 0 Å². The molecular weight excluding hydrogens is 250 g/mol. The number of likely N-dealkylation sites (N-methyl/N-ethyl adjacent to an activating group) is 1. The molecule has 0 aromatic carbocycles. The first-order chi connectivity index (χ1) is 9.43. The van der Waals surface area contributed by atoms with Gasteiger partial charge in [0.1, 0.15) is 5.82 Å². The molecule has 2 rings (SSSR count). The molecule has 5 nitrogen and oxygen atoms in total. The molecule has 1 fully saturated rings. The van der Waals surface area contributed by atoms with Crippen molar-refractivity contribution in [3.8, 4) is 0 Å². The van der Waals surface area contributed by atoms with Crippen LogP contribution in [0.3, 0.4) is 0 Å². The molecule has 1 aliphatic rings. The zero-order valence-electron chi connectivity index (χ0n) is 13.6. The summed E-state index contributed by atoms with van der Waals surface area (Å²) in [6.07, 6.45) is 3.15. The summed E-state index contributed by atoms with van der Waals surface area (Å²) >= 11 is 0. The first-order valence-electron chi connectivity index (χ1n) is 7.63. The second-order valence-electron chi connectivity index (χ2n) is 6.24. The molecular formula is C15H29N5. The molecule has 2 atom stereocenters. The van der Waals surface area contributed by atoms with Gasteiger partial charge in [0.15, 0.2) is 0 Å². The van der Waals surface area contributed by atoms with Crippen LogP contribution in [0.1, 0.15) is 31.0 Å². The van der Waals surface area contributed by atoms with Crippen LogP contribution in [-0.4, -0.2) is 53.9 Å². The van der Waals surface area contributed by atoms with Gasteiger partial charge in [-0.25, -0.2) is 0 Å². The van der Waals surface area contributed by atoms with Crippen molar-refractivity contribution in [1.29, 1.82) is 0 Å². The standard InChI is InChI=1S/C15H29N5/c1-6-12(16)9-14-11(2)17-19(5)15(14)20-8-7-13(10-20)18(3)4/h12-13H,6-10,16H2,1-5H3. The van der Waals surface area contributed by atoms with Gasteiger partial charge in [-0.15, -0.1) is 0 Å². The van der Waals surface area contributed by atoms with E-state index in [2.05, 4.69) is 42.8 Å². The molecule has 114 valence electrons. The van der Waals surface area contributed by atoms with Gasteiger partial charge in [0.05, 0.1) is 5.69 Å². The summed E-state index contributed by atoms with van der Waals surface area (Å²) < 4.78 is 2.03. The van der Waals surface area contributed by atoms with Crippen molar-refractivity contribution in [2.24, 2.45) is 12.8 Å². The molecule has 0 bridgehead atoms. The largest absolute Gasteiger partial charge is 0.355 e. The van der Waals surface area contributed by atoms with Crippen molar-refractivity contribution >= 4 is 5.82 Å². The average molecular weight is 279 g/mol. The minimum absolute atomic E-state index is 0.226. The van der Waals surface area contributed by atoms with Crippen molar-refractivity contribution in [3.05, 3.63) is 11.3 Å². The molecule has 0 amide bonds. The molecule has 20 heavy (non-hydrogen) atoms. The molecule has 0 aliphatic carbocycles. The highest BCUT2D eigenvalue weighted by Gasteiger charge is 2.28. The molecule has 1 aliphatic heterocycles. The van der Waals surface area contributed by atoms with Crippen LogP contribution in [-0.2, 0) is 13.5 Å². The van der Waals surface area contributed by atoms with E-state index in [1.54, 1.807) is 0 Å². The van der Waals surface area contributed by atoms with E-state index in [0.29, 0.717) is 6.04 Å². The Kier molecular flexibility index (Phi) is 4.70. The van der Waals surface area contributed by atoms with Gasteiger partial charge in [0.25, 0.3) is 0 Å². The maximum Gasteiger partial charge on any atom is 0.130 e. The zero-order chi connectivity index (χ0) is 14.9. The monoisotopic (exact) mass is 279 g/mol. The Morgan fingerprint density at radius 3 is 2.70 bits per heavy atom. The summed E-state index contributed by atoms with van der Waals surface area (Å²) in [4.78, 5) is 4.79. The van der Waals surface area contributed by atoms with Crippen molar-refractivity contribution in [1.82, 2.24) is 14.7 Å². The van der Waals surface area contributed by atoms with Gasteiger partial charge in [0.2, 0.25) is 0 Å². The van der Waals surface area contributed by atoms with E-state index in [0.717, 1.165) is 31.6 Å². The first-order valence-corrected chi connectivity index (χ1v) is 7.63. The lowest BCUT2D eigenvalue weighted by atomic mass is 10.0. The molecule has 1 saturated heterocycles. The van der Waals surface area contributed by atoms with Crippen LogP contribution < -0.4 is 10.6 Å². The van der Waals surface area contributed by atoms with Crippen molar-refractivity contribution in [2.45, 2.75) is 45.2 Å². The minimum atomic E-state index is 0.226. The van der Waals surface area contributed by atoms with Gasteiger partial charge >= 0.3 is 0 Å². The van der Waals surface area contributed by atoms with Gasteiger partial charge in [-0.05, 0) is 40.3 Å². The van der Waals surface area contributed by atoms with Gasteiger partial charge < -0.3 is 15.5 Å². The Hall–Kier alpha value is -1.07. The molecule has 0 spiro atoms. The predicted octanol–water partition coefficient (Wildman–Crippen LogP) is 1.15. The maximum atomic E-state index is 6.16. The maximum absolute atomic E-state index is 6.16. The summed E-state index contributed by atoms with van der Waals surface area (Å²) in [5.41, 5.74) is 8.62. The second kappa shape index (κ2) is 6.14. The number of rotatable bonds is 5. The Morgan fingerprint density at radius 2 is 2.15 bits per heavy atom. The zero-order valence-corrected chi connectivity index (χ0v) is 13.6. The SMILES string of the molecule is CCC(N)Cc1c(C)nn(C)c1N1CCC(N(C)C)C1. The van der Waals surface area contributed by atoms with Crippen LogP contribution in [0.25, 0.3) is 0 Å². The number of hydrogen-bond acceptors (Lipinski definition) is 4. The molecule has 1 aromatic rings. The van der Waals surface area contributed by atoms with E-state index in [9.17, 15) is 0 Å². The fraction of sp³-hybridized carbons (Fsp3) is 0.800. The Bertz CT molecular complexity index is 451. The summed E-state index contributed by atoms with van der Waals surface area (Å²) in [7, 11) is 6.37. The van der Waals surface area contributed by atoms with Crippen molar-refractivity contribution in [2.75, 3.05) is 32.1 Å². The normalized spacial score (nSPS) is 20.9. The molecule has 0 saturated carbocycles. The second-order valence-corrected chi connectivity index (χ2v) is 6.24. The highest BCUT2D eigenvalue weighted by Crippen LogP contribution is 2.28. The number of hydrogen-bond donors (Lipinski definition) is 1. The third kappa shape index (κ3) is 2.99. The lowest BCUT2D eigenvalue weighted by Crippen LogP contribution is -2.32. The van der Waals surface area contributed by atoms with E-state index in [1.165, 1.54) is 17.8 Å². The van der Waals surface area contributed by atoms with E-state index >= 15 is 0 Å². The Morgan fingerprint density at radius 1 is 1.45 bits per heavy atom. The fourth-order valence-corrected chi connectivity index (χ4v) is 3.09. The molecule has 2 unspecified atom stereocenters. The average Bonchev–Trinajstić information content (AvgIpc) is 2.95. The number of nitrogens with two attached hydrogens (primary N) is 1. The van der Waals surface area contributed by atoms with Gasteiger partial charge in [-0.1, -0.05) is 6.92 Å². The van der Waals surface area contributed by atoms with E-state index in [4.69, 9.17) is 5.73 Å². The van der Waals surface area contributed by atoms with Crippen LogP contribution in [0.4, 0.5) is 5.82 Å². The van der Waals surface area contributed by atoms with Crippen LogP contribution in [0, 0.1) is 6.92 Å². The quantitative estimate of drug-likeness (QED) is 0.878. The smallest absolute Gasteiger partial charge is 0.130 e. The topological polar surface area (TPSA) is 50.3 Å². The number of aryl methyl sites for hydroxylation is 2. The van der Waals surface area contributed by atoms with Crippen LogP contribution in [0.15, 0.2) is 0 Å². The Balaban J connectivity index is 2.23. The summed E-state index contributed by atoms with van der Waals surface area (Å²) in [5.74, 6) is 1.27. The van der Waals surface area contributed by atoms with E-state index in [1.807, 2.05) is 11.7 Å². The highest BCUT2D eigenvalue weighted by molar-refractivity contribution is 5.51. The fourth-order valence-electron chi connectivity index (χ4n) is 3.09. The van der Waals surface area contributed by atoms with Crippen molar-refractivity contribution in [3.63, 3.8) is 0 Å². The summed E-state index contributed by atoms with van der Waals surface area (Å²) in [6, 6.07) is 0.863. The number of anilines is 1. The summed E-state index contributed by atoms with van der Waals surface area (Å²) in [6.45, 7) is 6.44. The number of aromatic nitrogens is 2. The summed E-state index contributed by atoms with van der Waals surface area (Å²) in [5, 5.41) is 4.62. The lowest BCUT2D eigenvalue weighted by molar-refractivity contribution is 0.315. The minimum Gasteiger partial charge on any atom is -0.355 e. The lowest BCUT2D eigenvalue weighted by Gasteiger charge is -2.23. The molecule has 2 N–H and O–H groups in total. The molecule has 1 aromatic heterocycles. The van der Waals surface area contributed by atoms with E-state index in [-0.39, 0.29) is 6.04 Å².